The van der Waals surface area contributed by atoms with Crippen molar-refractivity contribution in [2.45, 2.75) is 30.9 Å². The average Bonchev–Trinajstić information content (AvgIpc) is 2.92. The Bertz CT molecular complexity index is 502. The van der Waals surface area contributed by atoms with Crippen molar-refractivity contribution >= 4 is 24.0 Å². The minimum atomic E-state index is -0.791. The molecule has 9 heteroatoms. The van der Waals surface area contributed by atoms with Gasteiger partial charge in [-0.3, -0.25) is 14.7 Å². The molecule has 0 aromatic heterocycles. The summed E-state index contributed by atoms with van der Waals surface area (Å²) in [6, 6.07) is -0.791. The van der Waals surface area contributed by atoms with Crippen molar-refractivity contribution in [3.8, 4) is 0 Å². The van der Waals surface area contributed by atoms with Crippen LogP contribution in [0.1, 0.15) is 6.42 Å². The number of carbonyl (C=O) groups excluding carboxylic acids is 1. The predicted molar refractivity (Wildman–Crippen MR) is 64.6 cm³/mol. The quantitative estimate of drug-likeness (QED) is 0.503. The van der Waals surface area contributed by atoms with Crippen LogP contribution in [-0.4, -0.2) is 70.2 Å². The van der Waals surface area contributed by atoms with Gasteiger partial charge in [0.25, 0.3) is 5.91 Å². The summed E-state index contributed by atoms with van der Waals surface area (Å²) in [6.07, 6.45) is -0.240. The summed E-state index contributed by atoms with van der Waals surface area (Å²) in [5, 5.41) is 18.8. The standard InChI is InChI=1S/C10H13N5O4/c11-10-13-8-7(9(18)14-10)12-3-15(8)6-1-4(17)5(2-16)19-6/h3-7,16-17H,1-2H2,(H2,11,14,18)/t4-,5-,6+,7?/m0/s1. The normalized spacial score (nSPS) is 37.4. The highest BCUT2D eigenvalue weighted by Gasteiger charge is 2.43. The molecule has 3 rings (SSSR count). The lowest BCUT2D eigenvalue weighted by Gasteiger charge is -2.25. The largest absolute Gasteiger partial charge is 0.394 e. The maximum Gasteiger partial charge on any atom is 0.281 e. The van der Waals surface area contributed by atoms with Crippen molar-refractivity contribution < 1.29 is 19.7 Å². The summed E-state index contributed by atoms with van der Waals surface area (Å²) in [5.74, 6) is -0.254. The maximum absolute atomic E-state index is 11.6. The summed E-state index contributed by atoms with van der Waals surface area (Å²) >= 11 is 0. The number of ether oxygens (including phenoxy) is 1. The molecule has 102 valence electrons. The lowest BCUT2D eigenvalue weighted by molar-refractivity contribution is -0.117. The fourth-order valence-electron chi connectivity index (χ4n) is 2.29. The molecule has 4 N–H and O–H groups in total. The summed E-state index contributed by atoms with van der Waals surface area (Å²) in [4.78, 5) is 24.7. The van der Waals surface area contributed by atoms with Crippen LogP contribution in [0, 0.1) is 0 Å². The highest BCUT2D eigenvalue weighted by atomic mass is 16.5. The molecule has 3 aliphatic rings. The molecule has 0 spiro atoms. The summed E-state index contributed by atoms with van der Waals surface area (Å²) < 4.78 is 5.49. The molecule has 0 aromatic rings. The van der Waals surface area contributed by atoms with Crippen molar-refractivity contribution in [3.63, 3.8) is 0 Å². The first-order valence-corrected chi connectivity index (χ1v) is 5.82. The van der Waals surface area contributed by atoms with E-state index in [9.17, 15) is 9.90 Å². The number of rotatable bonds is 2. The zero-order chi connectivity index (χ0) is 13.6. The molecule has 0 aliphatic carbocycles. The fourth-order valence-corrected chi connectivity index (χ4v) is 2.29. The van der Waals surface area contributed by atoms with Gasteiger partial charge in [-0.05, 0) is 0 Å². The summed E-state index contributed by atoms with van der Waals surface area (Å²) in [5.41, 5.74) is 5.45. The summed E-state index contributed by atoms with van der Waals surface area (Å²) in [7, 11) is 0. The Hall–Kier alpha value is -1.84. The van der Waals surface area contributed by atoms with Gasteiger partial charge in [0.05, 0.1) is 19.0 Å². The number of hydrogen-bond donors (Lipinski definition) is 3. The van der Waals surface area contributed by atoms with Gasteiger partial charge in [-0.15, -0.1) is 0 Å². The molecule has 0 aromatic carbocycles. The van der Waals surface area contributed by atoms with Gasteiger partial charge in [0, 0.05) is 6.42 Å². The van der Waals surface area contributed by atoms with Gasteiger partial charge in [-0.2, -0.15) is 9.98 Å². The van der Waals surface area contributed by atoms with Gasteiger partial charge in [0.15, 0.2) is 11.9 Å². The smallest absolute Gasteiger partial charge is 0.281 e. The van der Waals surface area contributed by atoms with Gasteiger partial charge in [-0.25, -0.2) is 0 Å². The van der Waals surface area contributed by atoms with Crippen LogP contribution in [0.2, 0.25) is 0 Å². The molecular formula is C10H13N5O4. The van der Waals surface area contributed by atoms with Crippen LogP contribution in [0.4, 0.5) is 0 Å². The van der Waals surface area contributed by atoms with Gasteiger partial charge >= 0.3 is 0 Å². The number of carbonyl (C=O) groups is 1. The third-order valence-corrected chi connectivity index (χ3v) is 3.23. The minimum absolute atomic E-state index is 0.121. The molecule has 1 saturated heterocycles. The number of guanidine groups is 1. The van der Waals surface area contributed by atoms with E-state index >= 15 is 0 Å². The van der Waals surface area contributed by atoms with Crippen molar-refractivity contribution in [1.82, 2.24) is 4.90 Å². The number of hydrogen-bond acceptors (Lipinski definition) is 8. The molecule has 0 radical (unpaired) electrons. The van der Waals surface area contributed by atoms with Gasteiger partial charge in [0.2, 0.25) is 5.96 Å². The first-order chi connectivity index (χ1) is 9.10. The number of aliphatic hydroxyl groups excluding tert-OH is 2. The highest BCUT2D eigenvalue weighted by molar-refractivity contribution is 6.21. The van der Waals surface area contributed by atoms with E-state index in [2.05, 4.69) is 15.0 Å². The van der Waals surface area contributed by atoms with Gasteiger partial charge in [-0.1, -0.05) is 0 Å². The highest BCUT2D eigenvalue weighted by Crippen LogP contribution is 2.26. The van der Waals surface area contributed by atoms with E-state index in [4.69, 9.17) is 15.6 Å². The Balaban J connectivity index is 1.82. The van der Waals surface area contributed by atoms with E-state index < -0.39 is 30.4 Å². The lowest BCUT2D eigenvalue weighted by atomic mass is 10.2. The van der Waals surface area contributed by atoms with E-state index in [0.29, 0.717) is 5.84 Å². The molecular weight excluding hydrogens is 254 g/mol. The van der Waals surface area contributed by atoms with E-state index in [0.717, 1.165) is 0 Å². The Kier molecular flexibility index (Phi) is 2.81. The van der Waals surface area contributed by atoms with Crippen molar-refractivity contribution in [3.05, 3.63) is 0 Å². The minimum Gasteiger partial charge on any atom is -0.394 e. The molecule has 3 heterocycles. The van der Waals surface area contributed by atoms with Crippen molar-refractivity contribution in [2.24, 2.45) is 20.7 Å². The zero-order valence-corrected chi connectivity index (χ0v) is 9.88. The first-order valence-electron chi connectivity index (χ1n) is 5.82. The van der Waals surface area contributed by atoms with Crippen LogP contribution in [-0.2, 0) is 9.53 Å². The number of aliphatic hydroxyl groups is 2. The van der Waals surface area contributed by atoms with E-state index in [1.54, 1.807) is 4.90 Å². The molecule has 0 saturated carbocycles. The van der Waals surface area contributed by atoms with E-state index in [1.807, 2.05) is 0 Å². The molecule has 0 bridgehead atoms. The van der Waals surface area contributed by atoms with Crippen molar-refractivity contribution in [2.75, 3.05) is 6.61 Å². The van der Waals surface area contributed by atoms with Crippen LogP contribution in [0.3, 0.4) is 0 Å². The van der Waals surface area contributed by atoms with Gasteiger partial charge in [0.1, 0.15) is 12.3 Å². The lowest BCUT2D eigenvalue weighted by Crippen LogP contribution is -2.44. The molecule has 19 heavy (non-hydrogen) atoms. The number of amides is 1. The van der Waals surface area contributed by atoms with Gasteiger partial charge < -0.3 is 20.7 Å². The molecule has 4 atom stereocenters. The second kappa shape index (κ2) is 4.37. The van der Waals surface area contributed by atoms with E-state index in [1.165, 1.54) is 6.34 Å². The van der Waals surface area contributed by atoms with E-state index in [-0.39, 0.29) is 19.0 Å². The topological polar surface area (TPSA) is 133 Å². The van der Waals surface area contributed by atoms with Crippen LogP contribution in [0.5, 0.6) is 0 Å². The van der Waals surface area contributed by atoms with Crippen LogP contribution in [0.25, 0.3) is 0 Å². The average molecular weight is 267 g/mol. The Morgan fingerprint density at radius 3 is 3.00 bits per heavy atom. The molecule has 1 unspecified atom stereocenters. The molecule has 3 aliphatic heterocycles. The number of nitrogens with zero attached hydrogens (tertiary/aromatic N) is 4. The van der Waals surface area contributed by atoms with Crippen molar-refractivity contribution in [1.29, 1.82) is 0 Å². The second-order valence-electron chi connectivity index (χ2n) is 4.47. The zero-order valence-electron chi connectivity index (χ0n) is 9.88. The Labute approximate surface area is 108 Å². The second-order valence-corrected chi connectivity index (χ2v) is 4.47. The summed E-state index contributed by atoms with van der Waals surface area (Å²) in [6.45, 7) is -0.277. The molecule has 1 amide bonds. The molecule has 1 fully saturated rings. The number of aliphatic imine (C=N–C) groups is 3. The van der Waals surface area contributed by atoms with Crippen LogP contribution in [0.15, 0.2) is 15.0 Å². The number of fused-ring (bicyclic) bond motifs is 1. The Morgan fingerprint density at radius 1 is 1.53 bits per heavy atom. The number of nitrogens with two attached hydrogens (primary N) is 1. The Morgan fingerprint density at radius 2 is 2.32 bits per heavy atom. The first kappa shape index (κ1) is 12.2. The predicted octanol–water partition coefficient (Wildman–Crippen LogP) is -2.58. The SMILES string of the molecule is NC1=NC(=O)C2N=CN([C@H]3C[C@H](O)[C@H](CO)O3)C2=N1. The monoisotopic (exact) mass is 267 g/mol. The molecule has 9 nitrogen and oxygen atoms in total. The maximum atomic E-state index is 11.6. The van der Waals surface area contributed by atoms with Crippen LogP contribution < -0.4 is 5.73 Å². The third kappa shape index (κ3) is 1.91. The third-order valence-electron chi connectivity index (χ3n) is 3.23. The number of amidine groups is 1. The van der Waals surface area contributed by atoms with Crippen LogP contribution >= 0.6 is 0 Å². The fraction of sp³-hybridized carbons (Fsp3) is 0.600.